The number of nitrogens with zero attached hydrogens (tertiary/aromatic N) is 1. The lowest BCUT2D eigenvalue weighted by molar-refractivity contribution is -0.129. The molecule has 0 bridgehead atoms. The molecule has 1 unspecified atom stereocenters. The van der Waals surface area contributed by atoms with Crippen LogP contribution in [0.25, 0.3) is 6.08 Å². The Balaban J connectivity index is 1.73. The number of furan rings is 1. The standard InChI is InChI=1S/C18H16N2O3S2/c1-11-5-7-13(8-6-11)19-16(21)12(2)20-17(22)15(25-18(20)24)10-14-4-3-9-23-14/h3-10,12H,1-2H3,(H,19,21)/b15-10-. The van der Waals surface area contributed by atoms with Gasteiger partial charge in [0.05, 0.1) is 11.2 Å². The van der Waals surface area contributed by atoms with Gasteiger partial charge in [-0.1, -0.05) is 41.7 Å². The predicted molar refractivity (Wildman–Crippen MR) is 103 cm³/mol. The maximum Gasteiger partial charge on any atom is 0.267 e. The monoisotopic (exact) mass is 372 g/mol. The molecule has 1 saturated heterocycles. The van der Waals surface area contributed by atoms with Gasteiger partial charge >= 0.3 is 0 Å². The van der Waals surface area contributed by atoms with Crippen molar-refractivity contribution in [2.45, 2.75) is 19.9 Å². The molecular formula is C18H16N2O3S2. The van der Waals surface area contributed by atoms with Crippen LogP contribution in [-0.2, 0) is 9.59 Å². The van der Waals surface area contributed by atoms with Gasteiger partial charge in [-0.25, -0.2) is 0 Å². The third kappa shape index (κ3) is 3.83. The number of thioether (sulfide) groups is 1. The summed E-state index contributed by atoms with van der Waals surface area (Å²) in [6.07, 6.45) is 3.16. The van der Waals surface area contributed by atoms with Gasteiger partial charge in [0.15, 0.2) is 0 Å². The number of carbonyl (C=O) groups excluding carboxylic acids is 2. The molecule has 2 amide bonds. The highest BCUT2D eigenvalue weighted by atomic mass is 32.2. The van der Waals surface area contributed by atoms with Crippen LogP contribution >= 0.6 is 24.0 Å². The average molecular weight is 372 g/mol. The number of nitrogens with one attached hydrogen (secondary N) is 1. The Hall–Kier alpha value is -2.38. The summed E-state index contributed by atoms with van der Waals surface area (Å²) >= 11 is 6.45. The summed E-state index contributed by atoms with van der Waals surface area (Å²) in [5.74, 6) is -0.0189. The molecule has 3 rings (SSSR count). The molecule has 2 heterocycles. The summed E-state index contributed by atoms with van der Waals surface area (Å²) in [6.45, 7) is 3.63. The van der Waals surface area contributed by atoms with Crippen LogP contribution in [0.2, 0.25) is 0 Å². The molecule has 1 aromatic heterocycles. The molecule has 1 atom stereocenters. The zero-order valence-electron chi connectivity index (χ0n) is 13.7. The Labute approximate surface area is 155 Å². The highest BCUT2D eigenvalue weighted by Crippen LogP contribution is 2.34. The molecule has 1 aromatic carbocycles. The SMILES string of the molecule is Cc1ccc(NC(=O)C(C)N2C(=O)/C(=C/c3ccco3)SC2=S)cc1. The van der Waals surface area contributed by atoms with E-state index in [2.05, 4.69) is 5.32 Å². The van der Waals surface area contributed by atoms with Crippen molar-refractivity contribution in [1.29, 1.82) is 0 Å². The molecule has 7 heteroatoms. The largest absolute Gasteiger partial charge is 0.465 e. The minimum Gasteiger partial charge on any atom is -0.465 e. The first-order chi connectivity index (χ1) is 12.0. The van der Waals surface area contributed by atoms with E-state index in [0.29, 0.717) is 20.7 Å². The van der Waals surface area contributed by atoms with Gasteiger partial charge in [0.2, 0.25) is 5.91 Å². The number of hydrogen-bond acceptors (Lipinski definition) is 5. The molecule has 5 nitrogen and oxygen atoms in total. The molecule has 1 aliphatic rings. The van der Waals surface area contributed by atoms with Gasteiger partial charge in [0, 0.05) is 11.8 Å². The second-order valence-electron chi connectivity index (χ2n) is 5.60. The van der Waals surface area contributed by atoms with E-state index in [-0.39, 0.29) is 11.8 Å². The first-order valence-corrected chi connectivity index (χ1v) is 8.86. The van der Waals surface area contributed by atoms with Gasteiger partial charge in [-0.05, 0) is 38.1 Å². The van der Waals surface area contributed by atoms with Crippen LogP contribution < -0.4 is 5.32 Å². The van der Waals surface area contributed by atoms with Crippen molar-refractivity contribution in [3.8, 4) is 0 Å². The molecular weight excluding hydrogens is 356 g/mol. The van der Waals surface area contributed by atoms with Crippen LogP contribution in [-0.4, -0.2) is 27.1 Å². The smallest absolute Gasteiger partial charge is 0.267 e. The molecule has 0 aliphatic carbocycles. The molecule has 25 heavy (non-hydrogen) atoms. The summed E-state index contributed by atoms with van der Waals surface area (Å²) in [5, 5.41) is 2.81. The van der Waals surface area contributed by atoms with Gasteiger partial charge in [-0.3, -0.25) is 14.5 Å². The van der Waals surface area contributed by atoms with E-state index >= 15 is 0 Å². The molecule has 1 N–H and O–H groups in total. The van der Waals surface area contributed by atoms with Crippen LogP contribution in [0.4, 0.5) is 5.69 Å². The van der Waals surface area contributed by atoms with Crippen molar-refractivity contribution >= 4 is 51.9 Å². The Morgan fingerprint density at radius 2 is 2.04 bits per heavy atom. The number of amides is 2. The fourth-order valence-electron chi connectivity index (χ4n) is 2.32. The zero-order chi connectivity index (χ0) is 18.0. The first-order valence-electron chi connectivity index (χ1n) is 7.64. The van der Waals surface area contributed by atoms with Crippen molar-refractivity contribution in [2.24, 2.45) is 0 Å². The molecule has 128 valence electrons. The highest BCUT2D eigenvalue weighted by Gasteiger charge is 2.38. The maximum atomic E-state index is 12.6. The van der Waals surface area contributed by atoms with Crippen LogP contribution in [0.15, 0.2) is 52.0 Å². The second-order valence-corrected chi connectivity index (χ2v) is 7.27. The first kappa shape index (κ1) is 17.4. The summed E-state index contributed by atoms with van der Waals surface area (Å²) in [4.78, 5) is 26.9. The van der Waals surface area contributed by atoms with Crippen molar-refractivity contribution in [1.82, 2.24) is 4.90 Å². The van der Waals surface area contributed by atoms with Gasteiger partial charge < -0.3 is 9.73 Å². The number of aryl methyl sites for hydroxylation is 1. The fourth-order valence-corrected chi connectivity index (χ4v) is 3.72. The summed E-state index contributed by atoms with van der Waals surface area (Å²) in [7, 11) is 0. The summed E-state index contributed by atoms with van der Waals surface area (Å²) in [5.41, 5.74) is 1.78. The normalized spacial score (nSPS) is 17.2. The van der Waals surface area contributed by atoms with Gasteiger partial charge in [0.1, 0.15) is 16.1 Å². The Kier molecular flexibility index (Phi) is 5.06. The minimum atomic E-state index is -0.712. The lowest BCUT2D eigenvalue weighted by Crippen LogP contribution is -2.44. The number of anilines is 1. The third-order valence-electron chi connectivity index (χ3n) is 3.73. The fraction of sp³-hybridized carbons (Fsp3) is 0.167. The van der Waals surface area contributed by atoms with E-state index < -0.39 is 6.04 Å². The van der Waals surface area contributed by atoms with Gasteiger partial charge in [-0.2, -0.15) is 0 Å². The average Bonchev–Trinajstić information content (AvgIpc) is 3.18. The van der Waals surface area contributed by atoms with Crippen molar-refractivity contribution in [2.75, 3.05) is 5.32 Å². The van der Waals surface area contributed by atoms with Gasteiger partial charge in [0.25, 0.3) is 5.91 Å². The quantitative estimate of drug-likeness (QED) is 0.653. The van der Waals surface area contributed by atoms with E-state index in [1.165, 1.54) is 11.2 Å². The maximum absolute atomic E-state index is 12.6. The molecule has 0 spiro atoms. The van der Waals surface area contributed by atoms with E-state index in [1.54, 1.807) is 25.1 Å². The Bertz CT molecular complexity index is 842. The number of thiocarbonyl (C=S) groups is 1. The lowest BCUT2D eigenvalue weighted by atomic mass is 10.2. The zero-order valence-corrected chi connectivity index (χ0v) is 15.3. The van der Waals surface area contributed by atoms with Crippen molar-refractivity contribution in [3.63, 3.8) is 0 Å². The predicted octanol–water partition coefficient (Wildman–Crippen LogP) is 3.82. The topological polar surface area (TPSA) is 62.6 Å². The highest BCUT2D eigenvalue weighted by molar-refractivity contribution is 8.26. The second kappa shape index (κ2) is 7.25. The Morgan fingerprint density at radius 3 is 2.68 bits per heavy atom. The Morgan fingerprint density at radius 1 is 1.32 bits per heavy atom. The minimum absolute atomic E-state index is 0.292. The van der Waals surface area contributed by atoms with Crippen molar-refractivity contribution < 1.29 is 14.0 Å². The molecule has 0 saturated carbocycles. The molecule has 1 aliphatic heterocycles. The van der Waals surface area contributed by atoms with Crippen LogP contribution in [0, 0.1) is 6.92 Å². The van der Waals surface area contributed by atoms with E-state index in [0.717, 1.165) is 17.3 Å². The molecule has 2 aromatic rings. The summed E-state index contributed by atoms with van der Waals surface area (Å²) in [6, 6.07) is 10.2. The summed E-state index contributed by atoms with van der Waals surface area (Å²) < 4.78 is 5.58. The van der Waals surface area contributed by atoms with Crippen LogP contribution in [0.1, 0.15) is 18.2 Å². The third-order valence-corrected chi connectivity index (χ3v) is 5.06. The number of benzene rings is 1. The van der Waals surface area contributed by atoms with Crippen LogP contribution in [0.5, 0.6) is 0 Å². The van der Waals surface area contributed by atoms with Gasteiger partial charge in [-0.15, -0.1) is 0 Å². The van der Waals surface area contributed by atoms with E-state index in [9.17, 15) is 9.59 Å². The van der Waals surface area contributed by atoms with Crippen molar-refractivity contribution in [3.05, 3.63) is 58.9 Å². The number of hydrogen-bond donors (Lipinski definition) is 1. The van der Waals surface area contributed by atoms with Crippen LogP contribution in [0.3, 0.4) is 0 Å². The lowest BCUT2D eigenvalue weighted by Gasteiger charge is -2.22. The molecule has 0 radical (unpaired) electrons. The van der Waals surface area contributed by atoms with E-state index in [4.69, 9.17) is 16.6 Å². The number of carbonyl (C=O) groups is 2. The molecule has 1 fully saturated rings. The van der Waals surface area contributed by atoms with E-state index in [1.807, 2.05) is 31.2 Å². The number of rotatable bonds is 4.